The van der Waals surface area contributed by atoms with Gasteiger partial charge in [0, 0.05) is 23.5 Å². The Balaban J connectivity index is 1.77. The molecule has 0 saturated heterocycles. The van der Waals surface area contributed by atoms with Crippen molar-refractivity contribution in [2.24, 2.45) is 0 Å². The van der Waals surface area contributed by atoms with Gasteiger partial charge in [-0.15, -0.1) is 0 Å². The van der Waals surface area contributed by atoms with Gasteiger partial charge in [-0.25, -0.2) is 0 Å². The Morgan fingerprint density at radius 2 is 1.81 bits per heavy atom. The van der Waals surface area contributed by atoms with Crippen LogP contribution >= 0.6 is 0 Å². The second-order valence-electron chi connectivity index (χ2n) is 5.48. The summed E-state index contributed by atoms with van der Waals surface area (Å²) in [6.07, 6.45) is 1.64. The number of aromatic nitrogens is 1. The van der Waals surface area contributed by atoms with Crippen molar-refractivity contribution in [3.63, 3.8) is 0 Å². The number of rotatable bonds is 6. The third-order valence-electron chi connectivity index (χ3n) is 3.67. The molecular formula is C19H16N4O3. The summed E-state index contributed by atoms with van der Waals surface area (Å²) in [6.45, 7) is 0.248. The number of amides is 1. The van der Waals surface area contributed by atoms with E-state index in [1.165, 1.54) is 12.1 Å². The Labute approximate surface area is 149 Å². The number of hydrogen-bond donors (Lipinski definition) is 2. The van der Waals surface area contributed by atoms with Crippen LogP contribution in [-0.4, -0.2) is 15.8 Å². The molecule has 0 unspecified atom stereocenters. The van der Waals surface area contributed by atoms with Gasteiger partial charge in [0.1, 0.15) is 5.69 Å². The number of carbonyl (C=O) groups is 1. The van der Waals surface area contributed by atoms with Crippen LogP contribution in [0.3, 0.4) is 0 Å². The first kappa shape index (κ1) is 17.1. The normalized spacial score (nSPS) is 10.2. The van der Waals surface area contributed by atoms with Gasteiger partial charge >= 0.3 is 0 Å². The van der Waals surface area contributed by atoms with Crippen molar-refractivity contribution in [3.05, 3.63) is 94.3 Å². The van der Waals surface area contributed by atoms with Gasteiger partial charge in [-0.2, -0.15) is 0 Å². The molecule has 0 saturated carbocycles. The zero-order valence-electron chi connectivity index (χ0n) is 13.8. The maximum Gasteiger partial charge on any atom is 0.293 e. The summed E-state index contributed by atoms with van der Waals surface area (Å²) < 4.78 is 0. The molecule has 0 aliphatic carbocycles. The number of nitrogens with zero attached hydrogens (tertiary/aromatic N) is 2. The van der Waals surface area contributed by atoms with E-state index in [1.807, 2.05) is 24.3 Å². The van der Waals surface area contributed by atoms with Crippen molar-refractivity contribution >= 4 is 23.0 Å². The molecule has 0 spiro atoms. The van der Waals surface area contributed by atoms with Crippen LogP contribution in [0.4, 0.5) is 17.1 Å². The second-order valence-corrected chi connectivity index (χ2v) is 5.48. The maximum absolute atomic E-state index is 12.3. The molecule has 1 heterocycles. The summed E-state index contributed by atoms with van der Waals surface area (Å²) in [5.74, 6) is -0.398. The summed E-state index contributed by atoms with van der Waals surface area (Å²) in [5, 5.41) is 17.1. The molecule has 1 aromatic heterocycles. The molecule has 26 heavy (non-hydrogen) atoms. The summed E-state index contributed by atoms with van der Waals surface area (Å²) in [7, 11) is 0. The number of carbonyl (C=O) groups excluding carboxylic acids is 1. The van der Waals surface area contributed by atoms with Crippen LogP contribution < -0.4 is 10.6 Å². The lowest BCUT2D eigenvalue weighted by Gasteiger charge is -2.09. The summed E-state index contributed by atoms with van der Waals surface area (Å²) >= 11 is 0. The van der Waals surface area contributed by atoms with E-state index in [9.17, 15) is 14.9 Å². The molecule has 0 bridgehead atoms. The molecule has 7 nitrogen and oxygen atoms in total. The summed E-state index contributed by atoms with van der Waals surface area (Å²) in [6, 6.07) is 18.8. The lowest BCUT2D eigenvalue weighted by molar-refractivity contribution is -0.383. The Kier molecular flexibility index (Phi) is 5.19. The van der Waals surface area contributed by atoms with Crippen LogP contribution in [0.5, 0.6) is 0 Å². The number of pyridine rings is 1. The van der Waals surface area contributed by atoms with Gasteiger partial charge in [0.2, 0.25) is 0 Å². The van der Waals surface area contributed by atoms with E-state index in [1.54, 1.807) is 36.5 Å². The molecule has 3 rings (SSSR count). The fraction of sp³-hybridized carbons (Fsp3) is 0.0526. The Morgan fingerprint density at radius 1 is 1.04 bits per heavy atom. The van der Waals surface area contributed by atoms with Crippen molar-refractivity contribution in [1.82, 2.24) is 10.3 Å². The van der Waals surface area contributed by atoms with Crippen molar-refractivity contribution in [2.75, 3.05) is 5.32 Å². The van der Waals surface area contributed by atoms with E-state index < -0.39 is 10.8 Å². The first-order valence-corrected chi connectivity index (χ1v) is 7.92. The molecule has 130 valence electrons. The average molecular weight is 348 g/mol. The number of nitrogens with one attached hydrogen (secondary N) is 2. The SMILES string of the molecule is O=C(NCc1ccccn1)c1ccc(Nc2ccccc2)c([N+](=O)[O-])c1. The van der Waals surface area contributed by atoms with E-state index >= 15 is 0 Å². The second kappa shape index (κ2) is 7.89. The van der Waals surface area contributed by atoms with Gasteiger partial charge in [-0.1, -0.05) is 24.3 Å². The summed E-state index contributed by atoms with van der Waals surface area (Å²) in [5.41, 5.74) is 1.80. The van der Waals surface area contributed by atoms with E-state index in [4.69, 9.17) is 0 Å². The quantitative estimate of drug-likeness (QED) is 0.523. The Morgan fingerprint density at radius 3 is 2.50 bits per heavy atom. The topological polar surface area (TPSA) is 97.2 Å². The number of anilines is 2. The smallest absolute Gasteiger partial charge is 0.293 e. The van der Waals surface area contributed by atoms with Crippen LogP contribution in [0, 0.1) is 10.1 Å². The largest absolute Gasteiger partial charge is 0.350 e. The van der Waals surface area contributed by atoms with Crippen LogP contribution in [0.1, 0.15) is 16.1 Å². The molecule has 0 fully saturated rings. The van der Waals surface area contributed by atoms with Gasteiger partial charge < -0.3 is 10.6 Å². The molecule has 0 radical (unpaired) electrons. The molecule has 3 aromatic rings. The van der Waals surface area contributed by atoms with Crippen LogP contribution in [0.25, 0.3) is 0 Å². The zero-order chi connectivity index (χ0) is 18.4. The highest BCUT2D eigenvalue weighted by molar-refractivity contribution is 5.95. The first-order valence-electron chi connectivity index (χ1n) is 7.92. The van der Waals surface area contributed by atoms with Crippen molar-refractivity contribution in [1.29, 1.82) is 0 Å². The molecule has 1 amide bonds. The lowest BCUT2D eigenvalue weighted by atomic mass is 10.1. The average Bonchev–Trinajstić information content (AvgIpc) is 2.68. The van der Waals surface area contributed by atoms with E-state index in [-0.39, 0.29) is 17.8 Å². The fourth-order valence-electron chi connectivity index (χ4n) is 2.38. The van der Waals surface area contributed by atoms with Gasteiger partial charge in [0.05, 0.1) is 17.2 Å². The van der Waals surface area contributed by atoms with Crippen LogP contribution in [0.2, 0.25) is 0 Å². The highest BCUT2D eigenvalue weighted by Crippen LogP contribution is 2.28. The van der Waals surface area contributed by atoms with Crippen molar-refractivity contribution in [2.45, 2.75) is 6.54 Å². The molecule has 0 aliphatic rings. The minimum Gasteiger partial charge on any atom is -0.350 e. The monoisotopic (exact) mass is 348 g/mol. The van der Waals surface area contributed by atoms with E-state index in [0.29, 0.717) is 11.4 Å². The molecular weight excluding hydrogens is 332 g/mol. The minimum atomic E-state index is -0.513. The Hall–Kier alpha value is -3.74. The predicted molar refractivity (Wildman–Crippen MR) is 98.2 cm³/mol. The van der Waals surface area contributed by atoms with E-state index in [2.05, 4.69) is 15.6 Å². The number of nitro benzene ring substituents is 1. The molecule has 2 aromatic carbocycles. The number of nitro groups is 1. The standard InChI is InChI=1S/C19H16N4O3/c24-19(21-13-16-8-4-5-11-20-16)14-9-10-17(18(12-14)23(25)26)22-15-6-2-1-3-7-15/h1-12,22H,13H2,(H,21,24). The Bertz CT molecular complexity index is 915. The minimum absolute atomic E-state index is 0.167. The molecule has 0 atom stereocenters. The fourth-order valence-corrected chi connectivity index (χ4v) is 2.38. The highest BCUT2D eigenvalue weighted by atomic mass is 16.6. The summed E-state index contributed by atoms with van der Waals surface area (Å²) in [4.78, 5) is 27.3. The molecule has 0 aliphatic heterocycles. The molecule has 2 N–H and O–H groups in total. The number of para-hydroxylation sites is 1. The first-order chi connectivity index (χ1) is 12.6. The zero-order valence-corrected chi connectivity index (χ0v) is 13.8. The third-order valence-corrected chi connectivity index (χ3v) is 3.67. The van der Waals surface area contributed by atoms with Gasteiger partial charge in [0.25, 0.3) is 11.6 Å². The van der Waals surface area contributed by atoms with Gasteiger partial charge in [-0.05, 0) is 36.4 Å². The predicted octanol–water partition coefficient (Wildman–Crippen LogP) is 3.66. The molecule has 7 heteroatoms. The maximum atomic E-state index is 12.3. The van der Waals surface area contributed by atoms with Gasteiger partial charge in [-0.3, -0.25) is 19.9 Å². The van der Waals surface area contributed by atoms with E-state index in [0.717, 1.165) is 5.69 Å². The van der Waals surface area contributed by atoms with Crippen molar-refractivity contribution in [3.8, 4) is 0 Å². The number of benzene rings is 2. The van der Waals surface area contributed by atoms with Crippen LogP contribution in [0.15, 0.2) is 72.9 Å². The van der Waals surface area contributed by atoms with Crippen molar-refractivity contribution < 1.29 is 9.72 Å². The third kappa shape index (κ3) is 4.21. The van der Waals surface area contributed by atoms with Crippen LogP contribution in [-0.2, 0) is 6.54 Å². The number of hydrogen-bond acceptors (Lipinski definition) is 5. The highest BCUT2D eigenvalue weighted by Gasteiger charge is 2.17. The lowest BCUT2D eigenvalue weighted by Crippen LogP contribution is -2.23. The van der Waals surface area contributed by atoms with Gasteiger partial charge in [0.15, 0.2) is 0 Å².